The zero-order valence-electron chi connectivity index (χ0n) is 10.3. The van der Waals surface area contributed by atoms with Gasteiger partial charge in [-0.2, -0.15) is 13.2 Å². The molecule has 0 saturated heterocycles. The molecule has 0 aromatic carbocycles. The first-order valence-electron chi connectivity index (χ1n) is 5.98. The molecule has 4 nitrogen and oxygen atoms in total. The Morgan fingerprint density at radius 2 is 2.16 bits per heavy atom. The van der Waals surface area contributed by atoms with Gasteiger partial charge >= 0.3 is 6.18 Å². The lowest BCUT2D eigenvalue weighted by Crippen LogP contribution is -2.48. The van der Waals surface area contributed by atoms with E-state index in [1.165, 1.54) is 18.3 Å². The molecule has 1 aliphatic carbocycles. The molecule has 0 atom stereocenters. The Bertz CT molecular complexity index is 483. The van der Waals surface area contributed by atoms with Gasteiger partial charge in [-0.05, 0) is 31.9 Å². The van der Waals surface area contributed by atoms with Crippen LogP contribution in [0.2, 0.25) is 0 Å². The van der Waals surface area contributed by atoms with Gasteiger partial charge < -0.3 is 10.6 Å². The second-order valence-corrected chi connectivity index (χ2v) is 4.46. The molecule has 2 rings (SSSR count). The highest BCUT2D eigenvalue weighted by Gasteiger charge is 2.64. The van der Waals surface area contributed by atoms with Gasteiger partial charge in [0, 0.05) is 12.7 Å². The predicted molar refractivity (Wildman–Crippen MR) is 63.9 cm³/mol. The van der Waals surface area contributed by atoms with Crippen LogP contribution in [0.4, 0.5) is 19.0 Å². The maximum absolute atomic E-state index is 12.8. The molecule has 0 bridgehead atoms. The fourth-order valence-corrected chi connectivity index (χ4v) is 1.79. The van der Waals surface area contributed by atoms with E-state index in [2.05, 4.69) is 15.6 Å². The average molecular weight is 273 g/mol. The van der Waals surface area contributed by atoms with Crippen LogP contribution in [0.3, 0.4) is 0 Å². The third kappa shape index (κ3) is 2.64. The summed E-state index contributed by atoms with van der Waals surface area (Å²) in [5, 5.41) is 4.93. The maximum Gasteiger partial charge on any atom is 0.411 e. The van der Waals surface area contributed by atoms with Crippen LogP contribution >= 0.6 is 0 Å². The summed E-state index contributed by atoms with van der Waals surface area (Å²) in [7, 11) is 0. The molecule has 0 spiro atoms. The van der Waals surface area contributed by atoms with Gasteiger partial charge in [-0.1, -0.05) is 0 Å². The number of hydrogen-bond acceptors (Lipinski definition) is 3. The van der Waals surface area contributed by atoms with Crippen molar-refractivity contribution in [2.45, 2.75) is 31.5 Å². The first kappa shape index (κ1) is 13.6. The van der Waals surface area contributed by atoms with Gasteiger partial charge in [0.2, 0.25) is 0 Å². The van der Waals surface area contributed by atoms with E-state index in [0.29, 0.717) is 12.4 Å². The molecule has 2 N–H and O–H groups in total. The van der Waals surface area contributed by atoms with Gasteiger partial charge in [-0.25, -0.2) is 4.98 Å². The van der Waals surface area contributed by atoms with Gasteiger partial charge in [0.25, 0.3) is 5.91 Å². The van der Waals surface area contributed by atoms with Crippen molar-refractivity contribution in [2.24, 2.45) is 0 Å². The van der Waals surface area contributed by atoms with Crippen molar-refractivity contribution in [3.05, 3.63) is 23.9 Å². The van der Waals surface area contributed by atoms with E-state index in [1.54, 1.807) is 0 Å². The second kappa shape index (κ2) is 4.71. The van der Waals surface area contributed by atoms with Crippen molar-refractivity contribution >= 4 is 11.7 Å². The first-order chi connectivity index (χ1) is 8.89. The molecule has 1 aromatic rings. The van der Waals surface area contributed by atoms with E-state index in [1.807, 2.05) is 6.92 Å². The number of anilines is 1. The number of halogens is 3. The molecule has 19 heavy (non-hydrogen) atoms. The van der Waals surface area contributed by atoms with Crippen LogP contribution in [0.15, 0.2) is 18.3 Å². The minimum atomic E-state index is -4.41. The Hall–Kier alpha value is -1.79. The zero-order valence-corrected chi connectivity index (χ0v) is 10.3. The third-order valence-electron chi connectivity index (χ3n) is 3.04. The number of nitrogens with one attached hydrogen (secondary N) is 2. The van der Waals surface area contributed by atoms with Crippen LogP contribution in [-0.4, -0.2) is 29.2 Å². The zero-order chi connectivity index (χ0) is 14.1. The van der Waals surface area contributed by atoms with Crippen molar-refractivity contribution in [3.8, 4) is 0 Å². The van der Waals surface area contributed by atoms with Crippen molar-refractivity contribution in [1.29, 1.82) is 0 Å². The standard InChI is InChI=1S/C12H14F3N3O/c1-2-16-9-8(4-3-7-17-9)10(19)18-11(5-6-11)12(13,14)15/h3-4,7H,2,5-6H2,1H3,(H,16,17)(H,18,19). The smallest absolute Gasteiger partial charge is 0.370 e. The van der Waals surface area contributed by atoms with Crippen LogP contribution in [0.5, 0.6) is 0 Å². The van der Waals surface area contributed by atoms with Gasteiger partial charge in [-0.3, -0.25) is 4.79 Å². The molecule has 0 unspecified atom stereocenters. The minimum absolute atomic E-state index is 0.0704. The molecule has 1 aliphatic rings. The molecule has 1 fully saturated rings. The highest BCUT2D eigenvalue weighted by Crippen LogP contribution is 2.49. The predicted octanol–water partition coefficient (Wildman–Crippen LogP) is 2.34. The van der Waals surface area contributed by atoms with Crippen LogP contribution in [0.1, 0.15) is 30.1 Å². The fraction of sp³-hybridized carbons (Fsp3) is 0.500. The topological polar surface area (TPSA) is 54.0 Å². The van der Waals surface area contributed by atoms with Gasteiger partial charge in [0.1, 0.15) is 11.4 Å². The number of amides is 1. The molecular formula is C12H14F3N3O. The molecular weight excluding hydrogens is 259 g/mol. The van der Waals surface area contributed by atoms with Crippen LogP contribution < -0.4 is 10.6 Å². The second-order valence-electron chi connectivity index (χ2n) is 4.46. The fourth-order valence-electron chi connectivity index (χ4n) is 1.79. The van der Waals surface area contributed by atoms with Gasteiger partial charge in [0.05, 0.1) is 5.56 Å². The summed E-state index contributed by atoms with van der Waals surface area (Å²) in [4.78, 5) is 15.9. The van der Waals surface area contributed by atoms with E-state index in [0.717, 1.165) is 0 Å². The Balaban J connectivity index is 2.17. The third-order valence-corrected chi connectivity index (χ3v) is 3.04. The van der Waals surface area contributed by atoms with Crippen LogP contribution in [0.25, 0.3) is 0 Å². The Kier molecular flexibility index (Phi) is 3.38. The van der Waals surface area contributed by atoms with E-state index in [9.17, 15) is 18.0 Å². The number of aromatic nitrogens is 1. The van der Waals surface area contributed by atoms with Gasteiger partial charge in [0.15, 0.2) is 0 Å². The molecule has 1 heterocycles. The Labute approximate surface area is 108 Å². The molecule has 1 aromatic heterocycles. The maximum atomic E-state index is 12.8. The van der Waals surface area contributed by atoms with E-state index >= 15 is 0 Å². The van der Waals surface area contributed by atoms with Crippen molar-refractivity contribution in [2.75, 3.05) is 11.9 Å². The lowest BCUT2D eigenvalue weighted by atomic mass is 10.2. The normalized spacial score (nSPS) is 16.8. The lowest BCUT2D eigenvalue weighted by molar-refractivity contribution is -0.163. The summed E-state index contributed by atoms with van der Waals surface area (Å²) in [5.41, 5.74) is -1.93. The lowest BCUT2D eigenvalue weighted by Gasteiger charge is -2.21. The van der Waals surface area contributed by atoms with Crippen LogP contribution in [0, 0.1) is 0 Å². The van der Waals surface area contributed by atoms with E-state index in [4.69, 9.17) is 0 Å². The average Bonchev–Trinajstić information content (AvgIpc) is 3.10. The number of nitrogens with zero attached hydrogens (tertiary/aromatic N) is 1. The van der Waals surface area contributed by atoms with Crippen molar-refractivity contribution in [3.63, 3.8) is 0 Å². The summed E-state index contributed by atoms with van der Waals surface area (Å²) in [5.74, 6) is -0.459. The number of rotatable bonds is 4. The molecule has 1 amide bonds. The summed E-state index contributed by atoms with van der Waals surface area (Å²) in [6, 6.07) is 2.97. The number of pyridine rings is 1. The number of carbonyl (C=O) groups excluding carboxylic acids is 1. The number of hydrogen-bond donors (Lipinski definition) is 2. The summed E-state index contributed by atoms with van der Waals surface area (Å²) in [6.45, 7) is 2.34. The summed E-state index contributed by atoms with van der Waals surface area (Å²) in [6.07, 6.45) is -3.08. The number of alkyl halides is 3. The molecule has 0 radical (unpaired) electrons. The van der Waals surface area contributed by atoms with E-state index < -0.39 is 17.6 Å². The monoisotopic (exact) mass is 273 g/mol. The van der Waals surface area contributed by atoms with Crippen LogP contribution in [-0.2, 0) is 0 Å². The highest BCUT2D eigenvalue weighted by atomic mass is 19.4. The first-order valence-corrected chi connectivity index (χ1v) is 5.98. The Morgan fingerprint density at radius 3 is 2.68 bits per heavy atom. The SMILES string of the molecule is CCNc1ncccc1C(=O)NC1(C(F)(F)F)CC1. The quantitative estimate of drug-likeness (QED) is 0.885. The molecule has 1 saturated carbocycles. The summed E-state index contributed by atoms with van der Waals surface area (Å²) < 4.78 is 38.3. The van der Waals surface area contributed by atoms with Crippen molar-refractivity contribution < 1.29 is 18.0 Å². The van der Waals surface area contributed by atoms with Gasteiger partial charge in [-0.15, -0.1) is 0 Å². The number of carbonyl (C=O) groups is 1. The summed E-state index contributed by atoms with van der Waals surface area (Å²) >= 11 is 0. The van der Waals surface area contributed by atoms with E-state index in [-0.39, 0.29) is 18.4 Å². The minimum Gasteiger partial charge on any atom is -0.370 e. The molecule has 0 aliphatic heterocycles. The highest BCUT2D eigenvalue weighted by molar-refractivity contribution is 5.99. The van der Waals surface area contributed by atoms with Crippen molar-refractivity contribution in [1.82, 2.24) is 10.3 Å². The Morgan fingerprint density at radius 1 is 1.47 bits per heavy atom. The molecule has 104 valence electrons. The molecule has 7 heteroatoms. The largest absolute Gasteiger partial charge is 0.411 e.